The molecule has 1 fully saturated rings. The van der Waals surface area contributed by atoms with E-state index in [-0.39, 0.29) is 19.8 Å². The maximum atomic E-state index is 11.7. The average Bonchev–Trinajstić information content (AvgIpc) is 2.74. The van der Waals surface area contributed by atoms with Gasteiger partial charge in [-0.15, -0.1) is 0 Å². The molecule has 3 aromatic carbocycles. The Morgan fingerprint density at radius 2 is 1.26 bits per heavy atom. The molecule has 2 heteroatoms. The minimum atomic E-state index is -0.609. The Kier molecular flexibility index (Phi) is 5.78. The molecule has 1 aliphatic rings. The quantitative estimate of drug-likeness (QED) is 0.584. The second-order valence-corrected chi connectivity index (χ2v) is 9.98. The van der Waals surface area contributed by atoms with Crippen LogP contribution in [0.3, 0.4) is 0 Å². The second-order valence-electron chi connectivity index (χ2n) is 7.51. The van der Waals surface area contributed by atoms with Gasteiger partial charge in [0.05, 0.1) is 0 Å². The fourth-order valence-electron chi connectivity index (χ4n) is 4.19. The van der Waals surface area contributed by atoms with Crippen molar-refractivity contribution >= 4 is 19.4 Å². The first-order chi connectivity index (χ1) is 13.2. The monoisotopic (exact) mass is 422 g/mol. The van der Waals surface area contributed by atoms with Crippen molar-refractivity contribution in [1.82, 2.24) is 0 Å². The molecule has 3 aromatic rings. The van der Waals surface area contributed by atoms with Crippen molar-refractivity contribution in [3.05, 3.63) is 102 Å². The van der Waals surface area contributed by atoms with Crippen molar-refractivity contribution in [2.75, 3.05) is 0 Å². The molecule has 1 nitrogen and oxygen atoms in total. The minimum absolute atomic E-state index is 0.199. The van der Waals surface area contributed by atoms with Crippen LogP contribution >= 0.6 is 0 Å². The summed E-state index contributed by atoms with van der Waals surface area (Å²) in [6.45, 7) is 0. The molecule has 0 spiro atoms. The Hall–Kier alpha value is -1.86. The number of hydrogen-bond donors (Lipinski definition) is 1. The van der Waals surface area contributed by atoms with Crippen LogP contribution in [0.15, 0.2) is 91.0 Å². The van der Waals surface area contributed by atoms with Gasteiger partial charge in [-0.05, 0) is 0 Å². The molecule has 0 saturated heterocycles. The van der Waals surface area contributed by atoms with E-state index in [0.717, 1.165) is 25.7 Å². The Balaban J connectivity index is 1.56. The van der Waals surface area contributed by atoms with Crippen molar-refractivity contribution in [1.29, 1.82) is 0 Å². The van der Waals surface area contributed by atoms with E-state index in [1.165, 1.54) is 15.6 Å². The Morgan fingerprint density at radius 3 is 1.85 bits per heavy atom. The summed E-state index contributed by atoms with van der Waals surface area (Å²) in [5.41, 5.74) is 2.09. The molecule has 1 saturated carbocycles. The summed E-state index contributed by atoms with van der Waals surface area (Å²) in [4.78, 5) is 0.199. The van der Waals surface area contributed by atoms with Crippen molar-refractivity contribution < 1.29 is 5.11 Å². The second kappa shape index (κ2) is 8.44. The molecule has 0 amide bonds. The van der Waals surface area contributed by atoms with Crippen LogP contribution in [0, 0.1) is 0 Å². The molecule has 0 aromatic heterocycles. The van der Waals surface area contributed by atoms with Crippen LogP contribution in [0.25, 0.3) is 0 Å². The standard InChI is InChI=1S/C25H26OSe/c26-25(18-16-21(17-19-25)20-10-4-1-5-11-20)24(22-12-6-2-7-13-22)27-23-14-8-3-9-15-23/h1-15,21,24,26H,16-19H2/t21?,24-,25?/m0/s1. The molecular formula is C25H26OSe. The van der Waals surface area contributed by atoms with E-state index >= 15 is 0 Å². The Labute approximate surface area is 168 Å². The first kappa shape index (κ1) is 18.5. The molecule has 27 heavy (non-hydrogen) atoms. The predicted octanol–water partition coefficient (Wildman–Crippen LogP) is 4.85. The van der Waals surface area contributed by atoms with Crippen LogP contribution in [-0.2, 0) is 0 Å². The van der Waals surface area contributed by atoms with E-state index in [1.54, 1.807) is 0 Å². The summed E-state index contributed by atoms with van der Waals surface area (Å²) < 4.78 is 1.36. The van der Waals surface area contributed by atoms with Crippen molar-refractivity contribution in [2.45, 2.75) is 42.0 Å². The topological polar surface area (TPSA) is 20.2 Å². The molecule has 138 valence electrons. The molecule has 1 atom stereocenters. The molecule has 0 aliphatic heterocycles. The fourth-order valence-corrected chi connectivity index (χ4v) is 6.99. The third-order valence-electron chi connectivity index (χ3n) is 5.71. The predicted molar refractivity (Wildman–Crippen MR) is 114 cm³/mol. The van der Waals surface area contributed by atoms with Gasteiger partial charge in [-0.25, -0.2) is 0 Å². The van der Waals surface area contributed by atoms with E-state index in [9.17, 15) is 5.11 Å². The SMILES string of the molecule is OC1([C@@H]([Se]c2ccccc2)c2ccccc2)CCC(c2ccccc2)CC1. The van der Waals surface area contributed by atoms with Crippen LogP contribution in [0.4, 0.5) is 0 Å². The molecule has 0 unspecified atom stereocenters. The van der Waals surface area contributed by atoms with Crippen molar-refractivity contribution in [2.24, 2.45) is 0 Å². The molecule has 1 aliphatic carbocycles. The fraction of sp³-hybridized carbons (Fsp3) is 0.280. The first-order valence-corrected chi connectivity index (χ1v) is 11.6. The normalized spacial score (nSPS) is 23.7. The summed E-state index contributed by atoms with van der Waals surface area (Å²) in [6, 6.07) is 32.1. The molecular weight excluding hydrogens is 395 g/mol. The van der Waals surface area contributed by atoms with Gasteiger partial charge in [0.25, 0.3) is 0 Å². The van der Waals surface area contributed by atoms with E-state index in [1.807, 2.05) is 0 Å². The molecule has 0 bridgehead atoms. The molecule has 0 heterocycles. The molecule has 4 rings (SSSR count). The maximum absolute atomic E-state index is 11.7. The zero-order valence-corrected chi connectivity index (χ0v) is 17.2. The van der Waals surface area contributed by atoms with E-state index in [0.29, 0.717) is 5.92 Å². The summed E-state index contributed by atoms with van der Waals surface area (Å²) in [6.07, 6.45) is 3.88. The van der Waals surface area contributed by atoms with E-state index < -0.39 is 5.60 Å². The molecule has 1 N–H and O–H groups in total. The van der Waals surface area contributed by atoms with E-state index in [4.69, 9.17) is 0 Å². The number of rotatable bonds is 5. The van der Waals surface area contributed by atoms with Crippen LogP contribution < -0.4 is 4.46 Å². The van der Waals surface area contributed by atoms with Crippen LogP contribution in [0.2, 0.25) is 0 Å². The van der Waals surface area contributed by atoms with Gasteiger partial charge in [0.1, 0.15) is 0 Å². The van der Waals surface area contributed by atoms with Gasteiger partial charge < -0.3 is 0 Å². The third-order valence-corrected chi connectivity index (χ3v) is 8.84. The van der Waals surface area contributed by atoms with Gasteiger partial charge in [0, 0.05) is 0 Å². The third kappa shape index (κ3) is 4.35. The van der Waals surface area contributed by atoms with Gasteiger partial charge in [-0.3, -0.25) is 0 Å². The van der Waals surface area contributed by atoms with Crippen LogP contribution in [0.1, 0.15) is 47.5 Å². The zero-order valence-electron chi connectivity index (χ0n) is 15.5. The van der Waals surface area contributed by atoms with Gasteiger partial charge >= 0.3 is 169 Å². The Morgan fingerprint density at radius 1 is 0.741 bits per heavy atom. The average molecular weight is 421 g/mol. The molecule has 0 radical (unpaired) electrons. The van der Waals surface area contributed by atoms with Gasteiger partial charge in [0.15, 0.2) is 0 Å². The number of aliphatic hydroxyl groups is 1. The summed E-state index contributed by atoms with van der Waals surface area (Å²) in [7, 11) is 0. The van der Waals surface area contributed by atoms with Gasteiger partial charge in [-0.1, -0.05) is 0 Å². The summed E-state index contributed by atoms with van der Waals surface area (Å²) in [5, 5.41) is 11.7. The van der Waals surface area contributed by atoms with Gasteiger partial charge in [-0.2, -0.15) is 0 Å². The Bertz CT molecular complexity index is 824. The van der Waals surface area contributed by atoms with Crippen LogP contribution in [0.5, 0.6) is 0 Å². The number of hydrogen-bond acceptors (Lipinski definition) is 1. The number of benzene rings is 3. The van der Waals surface area contributed by atoms with Gasteiger partial charge in [0.2, 0.25) is 0 Å². The summed E-state index contributed by atoms with van der Waals surface area (Å²) in [5.74, 6) is 0.576. The van der Waals surface area contributed by atoms with Crippen LogP contribution in [-0.4, -0.2) is 25.7 Å². The van der Waals surface area contributed by atoms with E-state index in [2.05, 4.69) is 91.0 Å². The first-order valence-electron chi connectivity index (χ1n) is 9.79. The van der Waals surface area contributed by atoms with Crippen molar-refractivity contribution in [3.8, 4) is 0 Å². The zero-order chi connectivity index (χ0) is 18.5. The van der Waals surface area contributed by atoms with Crippen molar-refractivity contribution in [3.63, 3.8) is 0 Å². The summed E-state index contributed by atoms with van der Waals surface area (Å²) >= 11 is 0.205.